The molecule has 0 N–H and O–H groups in total. The standard InChI is InChI=1S/C19H22O3/c1-2-22-19(21)14-17(15-9-5-3-6-10-15)13-18(20)16-11-7-4-8-12-16/h3-9,11-12,15,17H,2,10,13-14H2,1H3. The minimum atomic E-state index is -0.226. The molecule has 3 nitrogen and oxygen atoms in total. The van der Waals surface area contributed by atoms with Crippen molar-refractivity contribution in [1.29, 1.82) is 0 Å². The van der Waals surface area contributed by atoms with Gasteiger partial charge < -0.3 is 4.74 Å². The first-order valence-electron chi connectivity index (χ1n) is 7.78. The third-order valence-corrected chi connectivity index (χ3v) is 3.90. The molecule has 0 saturated carbocycles. The number of carbonyl (C=O) groups is 2. The van der Waals surface area contributed by atoms with Gasteiger partial charge in [0.1, 0.15) is 0 Å². The Hall–Kier alpha value is -2.16. The van der Waals surface area contributed by atoms with Crippen LogP contribution in [0, 0.1) is 11.8 Å². The lowest BCUT2D eigenvalue weighted by atomic mass is 9.81. The van der Waals surface area contributed by atoms with Gasteiger partial charge in [-0.1, -0.05) is 54.6 Å². The summed E-state index contributed by atoms with van der Waals surface area (Å²) in [4.78, 5) is 24.3. The highest BCUT2D eigenvalue weighted by atomic mass is 16.5. The van der Waals surface area contributed by atoms with Crippen LogP contribution in [0.5, 0.6) is 0 Å². The van der Waals surface area contributed by atoms with Crippen LogP contribution in [0.1, 0.15) is 36.5 Å². The third kappa shape index (κ3) is 4.69. The Labute approximate surface area is 131 Å². The Kier molecular flexibility index (Phi) is 6.13. The SMILES string of the molecule is CCOC(=O)CC(CC(=O)c1ccccc1)C1C=CC=CC1. The van der Waals surface area contributed by atoms with Crippen LogP contribution in [0.25, 0.3) is 0 Å². The van der Waals surface area contributed by atoms with Gasteiger partial charge in [-0.3, -0.25) is 9.59 Å². The molecular formula is C19H22O3. The molecule has 0 heterocycles. The van der Waals surface area contributed by atoms with Crippen LogP contribution in [0.4, 0.5) is 0 Å². The summed E-state index contributed by atoms with van der Waals surface area (Å²) in [5.41, 5.74) is 0.701. The first-order chi connectivity index (χ1) is 10.7. The van der Waals surface area contributed by atoms with Crippen LogP contribution in [0.2, 0.25) is 0 Å². The number of hydrogen-bond acceptors (Lipinski definition) is 3. The van der Waals surface area contributed by atoms with Crippen LogP contribution >= 0.6 is 0 Å². The van der Waals surface area contributed by atoms with Gasteiger partial charge in [-0.2, -0.15) is 0 Å². The summed E-state index contributed by atoms with van der Waals surface area (Å²) in [6, 6.07) is 9.25. The van der Waals surface area contributed by atoms with Crippen molar-refractivity contribution in [1.82, 2.24) is 0 Å². The Morgan fingerprint density at radius 3 is 2.59 bits per heavy atom. The van der Waals surface area contributed by atoms with E-state index in [1.165, 1.54) is 0 Å². The number of esters is 1. The van der Waals surface area contributed by atoms with Crippen LogP contribution in [0.15, 0.2) is 54.6 Å². The van der Waals surface area contributed by atoms with Gasteiger partial charge in [0.2, 0.25) is 0 Å². The molecular weight excluding hydrogens is 276 g/mol. The van der Waals surface area contributed by atoms with Crippen LogP contribution in [-0.4, -0.2) is 18.4 Å². The number of carbonyl (C=O) groups excluding carboxylic acids is 2. The Morgan fingerprint density at radius 2 is 1.95 bits per heavy atom. The third-order valence-electron chi connectivity index (χ3n) is 3.90. The molecule has 0 aliphatic heterocycles. The zero-order valence-electron chi connectivity index (χ0n) is 12.9. The monoisotopic (exact) mass is 298 g/mol. The van der Waals surface area contributed by atoms with Gasteiger partial charge in [0.05, 0.1) is 6.61 Å². The molecule has 1 aromatic carbocycles. The van der Waals surface area contributed by atoms with Crippen LogP contribution in [-0.2, 0) is 9.53 Å². The van der Waals surface area contributed by atoms with E-state index in [-0.39, 0.29) is 30.0 Å². The fourth-order valence-corrected chi connectivity index (χ4v) is 2.74. The topological polar surface area (TPSA) is 43.4 Å². The molecule has 1 aliphatic carbocycles. The molecule has 0 aromatic heterocycles. The molecule has 0 spiro atoms. The second-order valence-corrected chi connectivity index (χ2v) is 5.48. The summed E-state index contributed by atoms with van der Waals surface area (Å²) in [5.74, 6) is 0.0455. The maximum Gasteiger partial charge on any atom is 0.306 e. The minimum Gasteiger partial charge on any atom is -0.466 e. The predicted octanol–water partition coefficient (Wildman–Crippen LogP) is 3.96. The number of ketones is 1. The number of hydrogen-bond donors (Lipinski definition) is 0. The Morgan fingerprint density at radius 1 is 1.18 bits per heavy atom. The number of rotatable bonds is 7. The second-order valence-electron chi connectivity index (χ2n) is 5.48. The first kappa shape index (κ1) is 16.2. The molecule has 116 valence electrons. The fraction of sp³-hybridized carbons (Fsp3) is 0.368. The normalized spacial score (nSPS) is 18.0. The molecule has 0 radical (unpaired) electrons. The molecule has 2 unspecified atom stereocenters. The van der Waals surface area contributed by atoms with Crippen molar-refractivity contribution in [3.05, 3.63) is 60.2 Å². The smallest absolute Gasteiger partial charge is 0.306 e. The predicted molar refractivity (Wildman–Crippen MR) is 86.5 cm³/mol. The molecule has 22 heavy (non-hydrogen) atoms. The van der Waals surface area contributed by atoms with Crippen molar-refractivity contribution in [2.24, 2.45) is 11.8 Å². The van der Waals surface area contributed by atoms with Crippen molar-refractivity contribution in [2.45, 2.75) is 26.2 Å². The van der Waals surface area contributed by atoms with Crippen molar-refractivity contribution >= 4 is 11.8 Å². The van der Waals surface area contributed by atoms with Gasteiger partial charge in [-0.25, -0.2) is 0 Å². The molecule has 0 fully saturated rings. The Bertz CT molecular complexity index is 557. The summed E-state index contributed by atoms with van der Waals surface area (Å²) in [6.07, 6.45) is 9.66. The van der Waals surface area contributed by atoms with Gasteiger partial charge in [0, 0.05) is 18.4 Å². The lowest BCUT2D eigenvalue weighted by Gasteiger charge is -2.24. The van der Waals surface area contributed by atoms with Crippen molar-refractivity contribution in [3.63, 3.8) is 0 Å². The molecule has 1 aromatic rings. The van der Waals surface area contributed by atoms with Gasteiger partial charge in [0.25, 0.3) is 0 Å². The van der Waals surface area contributed by atoms with E-state index in [0.717, 1.165) is 6.42 Å². The lowest BCUT2D eigenvalue weighted by molar-refractivity contribution is -0.144. The molecule has 0 bridgehead atoms. The Balaban J connectivity index is 2.06. The van der Waals surface area contributed by atoms with E-state index in [2.05, 4.69) is 12.2 Å². The number of benzene rings is 1. The van der Waals surface area contributed by atoms with Gasteiger partial charge in [-0.15, -0.1) is 0 Å². The first-order valence-corrected chi connectivity index (χ1v) is 7.78. The molecule has 3 heteroatoms. The van der Waals surface area contributed by atoms with E-state index < -0.39 is 0 Å². The van der Waals surface area contributed by atoms with Gasteiger partial charge >= 0.3 is 5.97 Å². The van der Waals surface area contributed by atoms with E-state index in [4.69, 9.17) is 4.74 Å². The maximum absolute atomic E-state index is 12.4. The quantitative estimate of drug-likeness (QED) is 0.565. The van der Waals surface area contributed by atoms with E-state index in [0.29, 0.717) is 18.6 Å². The fourth-order valence-electron chi connectivity index (χ4n) is 2.74. The average molecular weight is 298 g/mol. The van der Waals surface area contributed by atoms with Gasteiger partial charge in [0.15, 0.2) is 5.78 Å². The summed E-state index contributed by atoms with van der Waals surface area (Å²) in [6.45, 7) is 2.17. The molecule has 1 aliphatic rings. The van der Waals surface area contributed by atoms with E-state index in [9.17, 15) is 9.59 Å². The summed E-state index contributed by atoms with van der Waals surface area (Å²) in [5, 5.41) is 0. The van der Waals surface area contributed by atoms with Crippen LogP contribution < -0.4 is 0 Å². The summed E-state index contributed by atoms with van der Waals surface area (Å²) in [7, 11) is 0. The number of Topliss-reactive ketones (excluding diaryl/α,β-unsaturated/α-hetero) is 1. The van der Waals surface area contributed by atoms with Crippen molar-refractivity contribution in [3.8, 4) is 0 Å². The van der Waals surface area contributed by atoms with Gasteiger partial charge in [-0.05, 0) is 25.2 Å². The summed E-state index contributed by atoms with van der Waals surface area (Å²) < 4.78 is 5.06. The minimum absolute atomic E-state index is 0.0204. The molecule has 2 atom stereocenters. The van der Waals surface area contributed by atoms with Crippen molar-refractivity contribution < 1.29 is 14.3 Å². The highest BCUT2D eigenvalue weighted by Crippen LogP contribution is 2.28. The molecule has 2 rings (SSSR count). The lowest BCUT2D eigenvalue weighted by Crippen LogP contribution is -2.22. The number of ether oxygens (including phenoxy) is 1. The largest absolute Gasteiger partial charge is 0.466 e. The highest BCUT2D eigenvalue weighted by molar-refractivity contribution is 5.96. The zero-order valence-corrected chi connectivity index (χ0v) is 12.9. The second kappa shape index (κ2) is 8.32. The summed E-state index contributed by atoms with van der Waals surface area (Å²) >= 11 is 0. The van der Waals surface area contributed by atoms with E-state index >= 15 is 0 Å². The van der Waals surface area contributed by atoms with Crippen LogP contribution in [0.3, 0.4) is 0 Å². The van der Waals surface area contributed by atoms with Crippen molar-refractivity contribution in [2.75, 3.05) is 6.61 Å². The maximum atomic E-state index is 12.4. The van der Waals surface area contributed by atoms with E-state index in [1.54, 1.807) is 6.92 Å². The highest BCUT2D eigenvalue weighted by Gasteiger charge is 2.26. The number of allylic oxidation sites excluding steroid dienone is 4. The van der Waals surface area contributed by atoms with E-state index in [1.807, 2.05) is 42.5 Å². The molecule has 0 saturated heterocycles. The molecule has 0 amide bonds. The average Bonchev–Trinajstić information content (AvgIpc) is 2.56. The zero-order chi connectivity index (χ0) is 15.8.